The summed E-state index contributed by atoms with van der Waals surface area (Å²) in [5.41, 5.74) is 6.99. The summed E-state index contributed by atoms with van der Waals surface area (Å²) in [4.78, 5) is 6.91. The lowest BCUT2D eigenvalue weighted by Crippen LogP contribution is -2.26. The zero-order valence-electron chi connectivity index (χ0n) is 8.80. The van der Waals surface area contributed by atoms with Gasteiger partial charge in [-0.05, 0) is 18.6 Å². The fourth-order valence-corrected chi connectivity index (χ4v) is 2.96. The molecule has 0 spiro atoms. The number of aromatic nitrogens is 1. The van der Waals surface area contributed by atoms with Crippen molar-refractivity contribution in [2.45, 2.75) is 12.5 Å². The quantitative estimate of drug-likeness (QED) is 0.850. The lowest BCUT2D eigenvalue weighted by Gasteiger charge is -2.12. The normalized spacial score (nSPS) is 20.1. The molecule has 1 aliphatic heterocycles. The van der Waals surface area contributed by atoms with Crippen molar-refractivity contribution in [1.82, 2.24) is 4.98 Å². The van der Waals surface area contributed by atoms with Crippen LogP contribution in [-0.4, -0.2) is 24.1 Å². The average Bonchev–Trinajstić information content (AvgIpc) is 2.82. The Morgan fingerprint density at radius 2 is 2.19 bits per heavy atom. The second kappa shape index (κ2) is 4.57. The number of para-hydroxylation sites is 1. The number of benzene rings is 1. The van der Waals surface area contributed by atoms with Gasteiger partial charge in [-0.25, -0.2) is 4.98 Å². The first-order chi connectivity index (χ1) is 7.33. The SMILES string of the molecule is Cl.N[C@@H]1CCN(c2nc3ccccc3s2)C1. The number of fused-ring (bicyclic) bond motifs is 1. The number of rotatable bonds is 1. The number of nitrogens with zero attached hydrogens (tertiary/aromatic N) is 2. The van der Waals surface area contributed by atoms with Gasteiger partial charge in [0, 0.05) is 19.1 Å². The molecule has 2 heterocycles. The highest BCUT2D eigenvalue weighted by atomic mass is 35.5. The van der Waals surface area contributed by atoms with Gasteiger partial charge in [0.2, 0.25) is 0 Å². The summed E-state index contributed by atoms with van der Waals surface area (Å²) in [6, 6.07) is 8.58. The van der Waals surface area contributed by atoms with E-state index in [1.807, 2.05) is 6.07 Å². The maximum atomic E-state index is 5.89. The number of anilines is 1. The average molecular weight is 256 g/mol. The van der Waals surface area contributed by atoms with Crippen molar-refractivity contribution in [3.8, 4) is 0 Å². The summed E-state index contributed by atoms with van der Waals surface area (Å²) in [7, 11) is 0. The smallest absolute Gasteiger partial charge is 0.186 e. The summed E-state index contributed by atoms with van der Waals surface area (Å²) >= 11 is 1.76. The van der Waals surface area contributed by atoms with Gasteiger partial charge in [0.15, 0.2) is 5.13 Å². The zero-order valence-corrected chi connectivity index (χ0v) is 10.4. The van der Waals surface area contributed by atoms with Gasteiger partial charge >= 0.3 is 0 Å². The summed E-state index contributed by atoms with van der Waals surface area (Å²) in [5, 5.41) is 1.11. The van der Waals surface area contributed by atoms with Crippen molar-refractivity contribution in [1.29, 1.82) is 0 Å². The lowest BCUT2D eigenvalue weighted by atomic mass is 10.3. The van der Waals surface area contributed by atoms with E-state index in [0.29, 0.717) is 6.04 Å². The van der Waals surface area contributed by atoms with Gasteiger partial charge in [-0.3, -0.25) is 0 Å². The van der Waals surface area contributed by atoms with E-state index in [0.717, 1.165) is 30.2 Å². The van der Waals surface area contributed by atoms with E-state index in [4.69, 9.17) is 5.73 Å². The Bertz CT molecular complexity index is 452. The fraction of sp³-hybridized carbons (Fsp3) is 0.364. The van der Waals surface area contributed by atoms with Crippen LogP contribution in [0.1, 0.15) is 6.42 Å². The molecule has 2 aromatic rings. The molecule has 0 amide bonds. The number of thiazole rings is 1. The monoisotopic (exact) mass is 255 g/mol. The summed E-state index contributed by atoms with van der Waals surface area (Å²) in [6.07, 6.45) is 1.08. The number of nitrogens with two attached hydrogens (primary N) is 1. The summed E-state index contributed by atoms with van der Waals surface area (Å²) < 4.78 is 1.26. The maximum absolute atomic E-state index is 5.89. The largest absolute Gasteiger partial charge is 0.346 e. The second-order valence-corrected chi connectivity index (χ2v) is 4.97. The second-order valence-electron chi connectivity index (χ2n) is 3.96. The number of hydrogen-bond acceptors (Lipinski definition) is 4. The van der Waals surface area contributed by atoms with E-state index in [9.17, 15) is 0 Å². The first-order valence-corrected chi connectivity index (χ1v) is 6.01. The van der Waals surface area contributed by atoms with Gasteiger partial charge in [0.1, 0.15) is 0 Å². The molecule has 2 N–H and O–H groups in total. The molecule has 0 saturated carbocycles. The Kier molecular flexibility index (Phi) is 3.33. The molecule has 86 valence electrons. The number of hydrogen-bond donors (Lipinski definition) is 1. The lowest BCUT2D eigenvalue weighted by molar-refractivity contribution is 0.752. The van der Waals surface area contributed by atoms with Gasteiger partial charge in [-0.2, -0.15) is 0 Å². The summed E-state index contributed by atoms with van der Waals surface area (Å²) in [6.45, 7) is 1.99. The van der Waals surface area contributed by atoms with Gasteiger partial charge in [-0.1, -0.05) is 23.5 Å². The van der Waals surface area contributed by atoms with Crippen molar-refractivity contribution >= 4 is 39.1 Å². The van der Waals surface area contributed by atoms with Crippen LogP contribution >= 0.6 is 23.7 Å². The molecular formula is C11H14ClN3S. The van der Waals surface area contributed by atoms with Gasteiger partial charge in [0.05, 0.1) is 10.2 Å². The molecule has 0 bridgehead atoms. The molecule has 1 fully saturated rings. The first-order valence-electron chi connectivity index (χ1n) is 5.19. The highest BCUT2D eigenvalue weighted by Gasteiger charge is 2.21. The van der Waals surface area contributed by atoms with Crippen molar-refractivity contribution in [3.05, 3.63) is 24.3 Å². The van der Waals surface area contributed by atoms with Crippen LogP contribution in [0.15, 0.2) is 24.3 Å². The third kappa shape index (κ3) is 2.00. The van der Waals surface area contributed by atoms with Crippen LogP contribution in [0.4, 0.5) is 5.13 Å². The summed E-state index contributed by atoms with van der Waals surface area (Å²) in [5.74, 6) is 0. The highest BCUT2D eigenvalue weighted by Crippen LogP contribution is 2.30. The molecule has 3 rings (SSSR count). The van der Waals surface area contributed by atoms with Gasteiger partial charge in [-0.15, -0.1) is 12.4 Å². The molecule has 1 aromatic heterocycles. The van der Waals surface area contributed by atoms with Crippen LogP contribution in [-0.2, 0) is 0 Å². The minimum absolute atomic E-state index is 0. The van der Waals surface area contributed by atoms with Crippen molar-refractivity contribution in [3.63, 3.8) is 0 Å². The molecule has 3 nitrogen and oxygen atoms in total. The molecule has 0 unspecified atom stereocenters. The molecule has 16 heavy (non-hydrogen) atoms. The molecule has 0 aliphatic carbocycles. The Balaban J connectivity index is 0.000000963. The molecular weight excluding hydrogens is 242 g/mol. The third-order valence-electron chi connectivity index (χ3n) is 2.78. The van der Waals surface area contributed by atoms with Crippen LogP contribution in [0.2, 0.25) is 0 Å². The van der Waals surface area contributed by atoms with E-state index in [2.05, 4.69) is 28.1 Å². The van der Waals surface area contributed by atoms with Crippen LogP contribution < -0.4 is 10.6 Å². The van der Waals surface area contributed by atoms with Gasteiger partial charge in [0.25, 0.3) is 0 Å². The molecule has 1 saturated heterocycles. The molecule has 1 atom stereocenters. The van der Waals surface area contributed by atoms with E-state index < -0.39 is 0 Å². The van der Waals surface area contributed by atoms with Crippen LogP contribution in [0.5, 0.6) is 0 Å². The highest BCUT2D eigenvalue weighted by molar-refractivity contribution is 7.22. The van der Waals surface area contributed by atoms with Crippen LogP contribution in [0.3, 0.4) is 0 Å². The van der Waals surface area contributed by atoms with E-state index in [1.54, 1.807) is 11.3 Å². The third-order valence-corrected chi connectivity index (χ3v) is 3.88. The van der Waals surface area contributed by atoms with E-state index in [-0.39, 0.29) is 12.4 Å². The maximum Gasteiger partial charge on any atom is 0.186 e. The van der Waals surface area contributed by atoms with Crippen LogP contribution in [0.25, 0.3) is 10.2 Å². The number of halogens is 1. The molecule has 1 aliphatic rings. The first kappa shape index (κ1) is 11.6. The predicted octanol–water partition coefficient (Wildman–Crippen LogP) is 2.26. The Morgan fingerprint density at radius 3 is 2.88 bits per heavy atom. The Hall–Kier alpha value is -0.840. The minimum Gasteiger partial charge on any atom is -0.346 e. The topological polar surface area (TPSA) is 42.1 Å². The predicted molar refractivity (Wildman–Crippen MR) is 71.7 cm³/mol. The van der Waals surface area contributed by atoms with E-state index >= 15 is 0 Å². The van der Waals surface area contributed by atoms with Crippen LogP contribution in [0, 0.1) is 0 Å². The zero-order chi connectivity index (χ0) is 10.3. The van der Waals surface area contributed by atoms with Gasteiger partial charge < -0.3 is 10.6 Å². The van der Waals surface area contributed by atoms with Crippen molar-refractivity contribution in [2.75, 3.05) is 18.0 Å². The molecule has 0 radical (unpaired) electrons. The van der Waals surface area contributed by atoms with Crippen molar-refractivity contribution < 1.29 is 0 Å². The molecule has 5 heteroatoms. The Morgan fingerprint density at radius 1 is 1.38 bits per heavy atom. The Labute approximate surface area is 105 Å². The standard InChI is InChI=1S/C11H13N3S.ClH/c12-8-5-6-14(7-8)11-13-9-3-1-2-4-10(9)15-11;/h1-4,8H,5-7,12H2;1H/t8-;/m1./s1. The van der Waals surface area contributed by atoms with E-state index in [1.165, 1.54) is 4.70 Å². The fourth-order valence-electron chi connectivity index (χ4n) is 1.96. The van der Waals surface area contributed by atoms with Crippen molar-refractivity contribution in [2.24, 2.45) is 5.73 Å². The minimum atomic E-state index is 0. The molecule has 1 aromatic carbocycles.